The largest absolute Gasteiger partial charge is 0.377 e. The molecule has 1 rings (SSSR count). The van der Waals surface area contributed by atoms with Crippen LogP contribution in [0.25, 0.3) is 0 Å². The summed E-state index contributed by atoms with van der Waals surface area (Å²) >= 11 is 0. The molecule has 0 saturated carbocycles. The van der Waals surface area contributed by atoms with Crippen LogP contribution < -0.4 is 5.32 Å². The lowest BCUT2D eigenvalue weighted by atomic mass is 10.1. The molecule has 1 N–H and O–H groups in total. The van der Waals surface area contributed by atoms with Crippen LogP contribution in [-0.4, -0.2) is 49.8 Å². The van der Waals surface area contributed by atoms with Crippen molar-refractivity contribution >= 4 is 0 Å². The van der Waals surface area contributed by atoms with Gasteiger partial charge in [-0.1, -0.05) is 20.8 Å². The summed E-state index contributed by atoms with van der Waals surface area (Å²) in [6, 6.07) is 0.665. The van der Waals surface area contributed by atoms with Gasteiger partial charge < -0.3 is 10.1 Å². The molecule has 102 valence electrons. The van der Waals surface area contributed by atoms with Gasteiger partial charge in [0.25, 0.3) is 0 Å². The third-order valence-electron chi connectivity index (χ3n) is 3.40. The Bertz CT molecular complexity index is 197. The standard InChI is InChI=1S/C14H30N2O/c1-5-14(10-15-9-12(2)3)16-7-6-8-17-13(4)11-16/h12-15H,5-11H2,1-4H3. The van der Waals surface area contributed by atoms with Gasteiger partial charge in [0, 0.05) is 32.3 Å². The van der Waals surface area contributed by atoms with E-state index in [9.17, 15) is 0 Å². The van der Waals surface area contributed by atoms with Crippen LogP contribution in [0.3, 0.4) is 0 Å². The third-order valence-corrected chi connectivity index (χ3v) is 3.40. The van der Waals surface area contributed by atoms with E-state index in [1.807, 2.05) is 0 Å². The van der Waals surface area contributed by atoms with Crippen molar-refractivity contribution in [1.82, 2.24) is 10.2 Å². The predicted molar refractivity (Wildman–Crippen MR) is 73.4 cm³/mol. The lowest BCUT2D eigenvalue weighted by Crippen LogP contribution is -2.45. The van der Waals surface area contributed by atoms with Crippen molar-refractivity contribution < 1.29 is 4.74 Å². The average molecular weight is 242 g/mol. The minimum Gasteiger partial charge on any atom is -0.377 e. The molecule has 1 fully saturated rings. The van der Waals surface area contributed by atoms with Crippen molar-refractivity contribution in [3.05, 3.63) is 0 Å². The van der Waals surface area contributed by atoms with E-state index in [0.29, 0.717) is 12.1 Å². The van der Waals surface area contributed by atoms with Crippen LogP contribution in [0.1, 0.15) is 40.5 Å². The zero-order chi connectivity index (χ0) is 12.7. The lowest BCUT2D eigenvalue weighted by molar-refractivity contribution is 0.0600. The summed E-state index contributed by atoms with van der Waals surface area (Å²) in [5.74, 6) is 0.735. The number of nitrogens with one attached hydrogen (secondary N) is 1. The fourth-order valence-corrected chi connectivity index (χ4v) is 2.43. The minimum atomic E-state index is 0.386. The topological polar surface area (TPSA) is 24.5 Å². The Morgan fingerprint density at radius 2 is 2.12 bits per heavy atom. The van der Waals surface area contributed by atoms with Gasteiger partial charge in [-0.25, -0.2) is 0 Å². The highest BCUT2D eigenvalue weighted by Gasteiger charge is 2.21. The van der Waals surface area contributed by atoms with E-state index in [0.717, 1.165) is 32.2 Å². The first-order chi connectivity index (χ1) is 8.13. The Morgan fingerprint density at radius 3 is 2.76 bits per heavy atom. The van der Waals surface area contributed by atoms with Crippen molar-refractivity contribution in [2.24, 2.45) is 5.92 Å². The molecule has 0 aromatic carbocycles. The molecule has 0 bridgehead atoms. The van der Waals surface area contributed by atoms with E-state index in [1.165, 1.54) is 19.4 Å². The molecule has 1 saturated heterocycles. The molecule has 1 heterocycles. The van der Waals surface area contributed by atoms with Gasteiger partial charge in [-0.2, -0.15) is 0 Å². The van der Waals surface area contributed by atoms with Crippen molar-refractivity contribution in [1.29, 1.82) is 0 Å². The highest BCUT2D eigenvalue weighted by atomic mass is 16.5. The molecule has 0 amide bonds. The molecule has 0 radical (unpaired) electrons. The molecule has 0 aromatic heterocycles. The number of hydrogen-bond acceptors (Lipinski definition) is 3. The highest BCUT2D eigenvalue weighted by Crippen LogP contribution is 2.11. The maximum Gasteiger partial charge on any atom is 0.0674 e. The van der Waals surface area contributed by atoms with E-state index in [2.05, 4.69) is 37.9 Å². The van der Waals surface area contributed by atoms with Gasteiger partial charge in [-0.3, -0.25) is 4.90 Å². The maximum absolute atomic E-state index is 5.71. The van der Waals surface area contributed by atoms with Crippen LogP contribution in [0.4, 0.5) is 0 Å². The molecular formula is C14H30N2O. The van der Waals surface area contributed by atoms with Gasteiger partial charge in [0.2, 0.25) is 0 Å². The molecular weight excluding hydrogens is 212 g/mol. The van der Waals surface area contributed by atoms with Gasteiger partial charge in [0.15, 0.2) is 0 Å². The van der Waals surface area contributed by atoms with E-state index < -0.39 is 0 Å². The normalized spacial score (nSPS) is 24.9. The molecule has 1 aliphatic heterocycles. The second kappa shape index (κ2) is 8.06. The van der Waals surface area contributed by atoms with E-state index >= 15 is 0 Å². The minimum absolute atomic E-state index is 0.386. The first-order valence-corrected chi connectivity index (χ1v) is 7.19. The molecule has 17 heavy (non-hydrogen) atoms. The van der Waals surface area contributed by atoms with Gasteiger partial charge in [0.1, 0.15) is 0 Å². The predicted octanol–water partition coefficient (Wildman–Crippen LogP) is 2.12. The summed E-state index contributed by atoms with van der Waals surface area (Å²) in [6.07, 6.45) is 2.78. The Labute approximate surface area is 107 Å². The van der Waals surface area contributed by atoms with Crippen molar-refractivity contribution in [2.45, 2.75) is 52.7 Å². The zero-order valence-corrected chi connectivity index (χ0v) is 12.0. The third kappa shape index (κ3) is 5.84. The van der Waals surface area contributed by atoms with Crippen LogP contribution in [0.15, 0.2) is 0 Å². The average Bonchev–Trinajstić information content (AvgIpc) is 2.49. The fourth-order valence-electron chi connectivity index (χ4n) is 2.43. The molecule has 2 atom stereocenters. The van der Waals surface area contributed by atoms with Gasteiger partial charge in [-0.15, -0.1) is 0 Å². The van der Waals surface area contributed by atoms with E-state index in [4.69, 9.17) is 4.74 Å². The molecule has 3 heteroatoms. The monoisotopic (exact) mass is 242 g/mol. The molecule has 3 nitrogen and oxygen atoms in total. The summed E-state index contributed by atoms with van der Waals surface area (Å²) in [7, 11) is 0. The number of rotatable bonds is 6. The summed E-state index contributed by atoms with van der Waals surface area (Å²) in [6.45, 7) is 14.4. The number of ether oxygens (including phenoxy) is 1. The van der Waals surface area contributed by atoms with Gasteiger partial charge >= 0.3 is 0 Å². The van der Waals surface area contributed by atoms with E-state index in [1.54, 1.807) is 0 Å². The molecule has 0 aliphatic carbocycles. The van der Waals surface area contributed by atoms with E-state index in [-0.39, 0.29) is 0 Å². The summed E-state index contributed by atoms with van der Waals surface area (Å²) in [4.78, 5) is 2.60. The summed E-state index contributed by atoms with van der Waals surface area (Å²) in [5, 5.41) is 3.59. The Kier molecular flexibility index (Phi) is 7.09. The van der Waals surface area contributed by atoms with Crippen molar-refractivity contribution in [3.63, 3.8) is 0 Å². The van der Waals surface area contributed by atoms with Crippen LogP contribution in [0, 0.1) is 5.92 Å². The summed E-state index contributed by atoms with van der Waals surface area (Å²) in [5.41, 5.74) is 0. The van der Waals surface area contributed by atoms with Crippen molar-refractivity contribution in [2.75, 3.05) is 32.8 Å². The Morgan fingerprint density at radius 1 is 1.35 bits per heavy atom. The molecule has 0 aromatic rings. The molecule has 0 spiro atoms. The van der Waals surface area contributed by atoms with Gasteiger partial charge in [-0.05, 0) is 32.2 Å². The smallest absolute Gasteiger partial charge is 0.0674 e. The van der Waals surface area contributed by atoms with Crippen LogP contribution in [-0.2, 0) is 4.74 Å². The van der Waals surface area contributed by atoms with Gasteiger partial charge in [0.05, 0.1) is 6.10 Å². The van der Waals surface area contributed by atoms with Crippen LogP contribution >= 0.6 is 0 Å². The highest BCUT2D eigenvalue weighted by molar-refractivity contribution is 4.77. The fraction of sp³-hybridized carbons (Fsp3) is 1.00. The quantitative estimate of drug-likeness (QED) is 0.772. The maximum atomic E-state index is 5.71. The lowest BCUT2D eigenvalue weighted by Gasteiger charge is -2.31. The number of hydrogen-bond donors (Lipinski definition) is 1. The first kappa shape index (κ1) is 14.9. The molecule has 1 aliphatic rings. The number of nitrogens with zero attached hydrogens (tertiary/aromatic N) is 1. The Hall–Kier alpha value is -0.120. The second-order valence-corrected chi connectivity index (χ2v) is 5.64. The molecule has 2 unspecified atom stereocenters. The second-order valence-electron chi connectivity index (χ2n) is 5.64. The Balaban J connectivity index is 2.36. The van der Waals surface area contributed by atoms with Crippen molar-refractivity contribution in [3.8, 4) is 0 Å². The first-order valence-electron chi connectivity index (χ1n) is 7.19. The van der Waals surface area contributed by atoms with Crippen LogP contribution in [0.5, 0.6) is 0 Å². The summed E-state index contributed by atoms with van der Waals surface area (Å²) < 4.78 is 5.71. The van der Waals surface area contributed by atoms with Crippen LogP contribution in [0.2, 0.25) is 0 Å². The SMILES string of the molecule is CCC(CNCC(C)C)N1CCCOC(C)C1. The zero-order valence-electron chi connectivity index (χ0n) is 12.0.